The van der Waals surface area contributed by atoms with Crippen LogP contribution in [0, 0.1) is 28.1 Å². The molecule has 0 aromatic carbocycles. The third-order valence-electron chi connectivity index (χ3n) is 8.44. The summed E-state index contributed by atoms with van der Waals surface area (Å²) in [6.07, 6.45) is 4.46. The van der Waals surface area contributed by atoms with Crippen molar-refractivity contribution >= 4 is 11.8 Å². The highest BCUT2D eigenvalue weighted by atomic mass is 16.6. The minimum atomic E-state index is -0.655. The van der Waals surface area contributed by atoms with Gasteiger partial charge in [0.2, 0.25) is 0 Å². The number of Topliss-reactive ketones (excluding diaryl/α,β-unsaturated/α-hetero) is 1. The van der Waals surface area contributed by atoms with Crippen LogP contribution >= 0.6 is 0 Å². The third-order valence-corrected chi connectivity index (χ3v) is 8.44. The molecule has 7 atom stereocenters. The van der Waals surface area contributed by atoms with Gasteiger partial charge in [-0.05, 0) is 48.9 Å². The van der Waals surface area contributed by atoms with Crippen LogP contribution in [-0.4, -0.2) is 40.8 Å². The molecule has 1 unspecified atom stereocenters. The van der Waals surface area contributed by atoms with Crippen molar-refractivity contribution in [2.24, 2.45) is 28.1 Å². The molecular formula is C21H34O5. The van der Waals surface area contributed by atoms with Crippen LogP contribution in [0.2, 0.25) is 0 Å². The summed E-state index contributed by atoms with van der Waals surface area (Å²) < 4.78 is 5.75. The Hall–Kier alpha value is -0.940. The Kier molecular flexibility index (Phi) is 5.02. The predicted molar refractivity (Wildman–Crippen MR) is 97.3 cm³/mol. The molecule has 0 aromatic rings. The Morgan fingerprint density at radius 1 is 1.27 bits per heavy atom. The van der Waals surface area contributed by atoms with Crippen molar-refractivity contribution < 1.29 is 24.5 Å². The topological polar surface area (TPSA) is 83.8 Å². The van der Waals surface area contributed by atoms with Crippen LogP contribution < -0.4 is 0 Å². The number of carbonyl (C=O) groups is 2. The smallest absolute Gasteiger partial charge is 0.332 e. The van der Waals surface area contributed by atoms with Gasteiger partial charge in [0.25, 0.3) is 0 Å². The van der Waals surface area contributed by atoms with E-state index in [1.807, 2.05) is 0 Å². The first-order valence-corrected chi connectivity index (χ1v) is 10.2. The highest BCUT2D eigenvalue weighted by molar-refractivity contribution is 5.85. The normalized spacial score (nSPS) is 48.5. The standard InChI is InChI=1S/C21H34O5/c1-5-19(3)11-15(26-16(24)12-22)20(4)8-6-9-21(13(2)18(19)25)10-7-14(23)17(20)21/h13,15,17-18,22,25H,5-12H2,1-4H3/t13-,15-,17?,18+,19-,20+,21+/m1/s1. The van der Waals surface area contributed by atoms with Crippen LogP contribution in [0.15, 0.2) is 0 Å². The Bertz CT molecular complexity index is 589. The van der Waals surface area contributed by atoms with Gasteiger partial charge < -0.3 is 14.9 Å². The number of carbonyl (C=O) groups excluding carboxylic acids is 2. The molecule has 3 fully saturated rings. The van der Waals surface area contributed by atoms with E-state index in [1.54, 1.807) is 0 Å². The van der Waals surface area contributed by atoms with Crippen LogP contribution in [-0.2, 0) is 14.3 Å². The minimum Gasteiger partial charge on any atom is -0.460 e. The maximum atomic E-state index is 13.0. The number of hydrogen-bond acceptors (Lipinski definition) is 5. The van der Waals surface area contributed by atoms with E-state index in [-0.39, 0.29) is 28.4 Å². The Morgan fingerprint density at radius 2 is 1.96 bits per heavy atom. The van der Waals surface area contributed by atoms with E-state index in [0.29, 0.717) is 12.8 Å². The van der Waals surface area contributed by atoms with Gasteiger partial charge in [-0.2, -0.15) is 0 Å². The maximum absolute atomic E-state index is 13.0. The zero-order valence-electron chi connectivity index (χ0n) is 16.6. The number of ketones is 1. The summed E-state index contributed by atoms with van der Waals surface area (Å²) in [5.41, 5.74) is -1.02. The molecule has 0 aromatic heterocycles. The van der Waals surface area contributed by atoms with Crippen molar-refractivity contribution in [1.29, 1.82) is 0 Å². The van der Waals surface area contributed by atoms with Crippen molar-refractivity contribution in [1.82, 2.24) is 0 Å². The lowest BCUT2D eigenvalue weighted by atomic mass is 9.46. The van der Waals surface area contributed by atoms with Crippen molar-refractivity contribution in [2.75, 3.05) is 6.61 Å². The fourth-order valence-electron chi connectivity index (χ4n) is 6.69. The zero-order valence-corrected chi connectivity index (χ0v) is 16.6. The van der Waals surface area contributed by atoms with E-state index >= 15 is 0 Å². The van der Waals surface area contributed by atoms with Gasteiger partial charge in [-0.3, -0.25) is 4.79 Å². The first-order chi connectivity index (χ1) is 12.1. The van der Waals surface area contributed by atoms with E-state index in [1.165, 1.54) is 0 Å². The maximum Gasteiger partial charge on any atom is 0.332 e. The summed E-state index contributed by atoms with van der Waals surface area (Å²) in [5.74, 6) is -0.514. The van der Waals surface area contributed by atoms with Crippen LogP contribution in [0.1, 0.15) is 72.6 Å². The molecule has 5 heteroatoms. The number of aliphatic hydroxyl groups is 2. The van der Waals surface area contributed by atoms with Gasteiger partial charge in [0.05, 0.1) is 6.10 Å². The molecule has 2 bridgehead atoms. The van der Waals surface area contributed by atoms with Gasteiger partial charge in [-0.25, -0.2) is 4.79 Å². The fourth-order valence-corrected chi connectivity index (χ4v) is 6.69. The lowest BCUT2D eigenvalue weighted by molar-refractivity contribution is -0.201. The summed E-state index contributed by atoms with van der Waals surface area (Å²) in [6, 6.07) is 0. The van der Waals surface area contributed by atoms with Gasteiger partial charge in [-0.1, -0.05) is 34.1 Å². The van der Waals surface area contributed by atoms with Gasteiger partial charge in [0.15, 0.2) is 0 Å². The summed E-state index contributed by atoms with van der Waals surface area (Å²) in [5, 5.41) is 20.6. The molecule has 3 rings (SSSR count). The average Bonchev–Trinajstić information content (AvgIpc) is 2.98. The largest absolute Gasteiger partial charge is 0.460 e. The molecule has 0 spiro atoms. The van der Waals surface area contributed by atoms with E-state index in [9.17, 15) is 19.8 Å². The molecule has 148 valence electrons. The molecular weight excluding hydrogens is 332 g/mol. The van der Waals surface area contributed by atoms with E-state index in [2.05, 4.69) is 27.7 Å². The molecule has 0 saturated heterocycles. The summed E-state index contributed by atoms with van der Waals surface area (Å²) in [7, 11) is 0. The molecule has 26 heavy (non-hydrogen) atoms. The van der Waals surface area contributed by atoms with Crippen molar-refractivity contribution in [3.63, 3.8) is 0 Å². The van der Waals surface area contributed by atoms with Crippen molar-refractivity contribution in [3.05, 3.63) is 0 Å². The van der Waals surface area contributed by atoms with E-state index in [4.69, 9.17) is 4.74 Å². The summed E-state index contributed by atoms with van der Waals surface area (Å²) in [4.78, 5) is 25.0. The monoisotopic (exact) mass is 366 g/mol. The quantitative estimate of drug-likeness (QED) is 0.751. The van der Waals surface area contributed by atoms with E-state index < -0.39 is 30.2 Å². The third kappa shape index (κ3) is 2.65. The second-order valence-corrected chi connectivity index (χ2v) is 9.57. The number of esters is 1. The average molecular weight is 366 g/mol. The van der Waals surface area contributed by atoms with Gasteiger partial charge in [0, 0.05) is 17.8 Å². The molecule has 0 heterocycles. The van der Waals surface area contributed by atoms with Crippen molar-refractivity contribution in [2.45, 2.75) is 84.8 Å². The number of ether oxygens (including phenoxy) is 1. The second-order valence-electron chi connectivity index (χ2n) is 9.57. The summed E-state index contributed by atoms with van der Waals surface area (Å²) in [6.45, 7) is 7.70. The Labute approximate surface area is 156 Å². The Morgan fingerprint density at radius 3 is 2.58 bits per heavy atom. The first kappa shape index (κ1) is 19.8. The number of aliphatic hydroxyl groups excluding tert-OH is 2. The molecule has 0 amide bonds. The molecule has 3 saturated carbocycles. The molecule has 2 N–H and O–H groups in total. The van der Waals surface area contributed by atoms with Gasteiger partial charge in [-0.15, -0.1) is 0 Å². The predicted octanol–water partition coefficient (Wildman–Crippen LogP) is 2.86. The van der Waals surface area contributed by atoms with Crippen LogP contribution in [0.3, 0.4) is 0 Å². The molecule has 0 aliphatic heterocycles. The van der Waals surface area contributed by atoms with Crippen LogP contribution in [0.25, 0.3) is 0 Å². The lowest BCUT2D eigenvalue weighted by Crippen LogP contribution is -2.61. The lowest BCUT2D eigenvalue weighted by Gasteiger charge is -2.60. The second kappa shape index (κ2) is 6.59. The zero-order chi connectivity index (χ0) is 19.3. The van der Waals surface area contributed by atoms with Gasteiger partial charge >= 0.3 is 5.97 Å². The molecule has 3 aliphatic rings. The molecule has 3 aliphatic carbocycles. The number of rotatable bonds is 3. The SMILES string of the molecule is CC[C@]1(C)C[C@@H](OC(=O)CO)[C@]2(C)CCC[C@]3(CCC(=O)C32)[C@H](C)[C@@H]1O. The Balaban J connectivity index is 2.14. The number of hydrogen-bond donors (Lipinski definition) is 2. The van der Waals surface area contributed by atoms with E-state index in [0.717, 1.165) is 32.1 Å². The first-order valence-electron chi connectivity index (χ1n) is 10.2. The highest BCUT2D eigenvalue weighted by Crippen LogP contribution is 2.66. The molecule has 5 nitrogen and oxygen atoms in total. The summed E-state index contributed by atoms with van der Waals surface area (Å²) >= 11 is 0. The fraction of sp³-hybridized carbons (Fsp3) is 0.905. The highest BCUT2D eigenvalue weighted by Gasteiger charge is 2.66. The molecule has 0 radical (unpaired) electrons. The van der Waals surface area contributed by atoms with Crippen molar-refractivity contribution in [3.8, 4) is 0 Å². The van der Waals surface area contributed by atoms with Crippen LogP contribution in [0.5, 0.6) is 0 Å². The minimum absolute atomic E-state index is 0.0398. The van der Waals surface area contributed by atoms with Crippen LogP contribution in [0.4, 0.5) is 0 Å². The van der Waals surface area contributed by atoms with Gasteiger partial charge in [0.1, 0.15) is 18.5 Å².